The highest BCUT2D eigenvalue weighted by Crippen LogP contribution is 2.27. The molecule has 0 saturated heterocycles. The molecule has 2 aromatic rings. The molecule has 0 aliphatic rings. The van der Waals surface area contributed by atoms with Crippen LogP contribution in [0.1, 0.15) is 17.5 Å². The van der Waals surface area contributed by atoms with Crippen LogP contribution in [0, 0.1) is 0 Å². The maximum atomic E-state index is 9.63. The fourth-order valence-corrected chi connectivity index (χ4v) is 1.93. The van der Waals surface area contributed by atoms with Gasteiger partial charge >= 0.3 is 0 Å². The summed E-state index contributed by atoms with van der Waals surface area (Å²) in [7, 11) is 0. The minimum Gasteiger partial charge on any atom is -0.508 e. The highest BCUT2D eigenvalue weighted by atomic mass is 16.3. The summed E-state index contributed by atoms with van der Waals surface area (Å²) < 4.78 is 0. The molecular formula is C15H16O2. The maximum Gasteiger partial charge on any atom is 0.122 e. The molecule has 0 unspecified atom stereocenters. The lowest BCUT2D eigenvalue weighted by molar-refractivity contribution is 0.437. The van der Waals surface area contributed by atoms with Crippen LogP contribution in [0.2, 0.25) is 0 Å². The van der Waals surface area contributed by atoms with Crippen molar-refractivity contribution < 1.29 is 10.2 Å². The van der Waals surface area contributed by atoms with Crippen LogP contribution in [0.4, 0.5) is 0 Å². The molecule has 2 heteroatoms. The highest BCUT2D eigenvalue weighted by Gasteiger charge is 2.06. The topological polar surface area (TPSA) is 40.5 Å². The van der Waals surface area contributed by atoms with Crippen LogP contribution in [0.5, 0.6) is 11.5 Å². The van der Waals surface area contributed by atoms with Crippen molar-refractivity contribution in [2.45, 2.75) is 19.3 Å². The predicted octanol–water partition coefficient (Wildman–Crippen LogP) is 3.27. The van der Waals surface area contributed by atoms with E-state index in [0.29, 0.717) is 12.0 Å². The third kappa shape index (κ3) is 3.00. The number of hydrogen-bond acceptors (Lipinski definition) is 2. The Kier molecular flexibility index (Phi) is 3.66. The number of phenolic OH excluding ortho intramolecular Hbond substituents is 2. The second-order valence-corrected chi connectivity index (χ2v) is 4.11. The van der Waals surface area contributed by atoms with E-state index in [1.807, 2.05) is 18.2 Å². The Hall–Kier alpha value is -1.96. The Bertz CT molecular complexity index is 457. The zero-order chi connectivity index (χ0) is 12.1. The Morgan fingerprint density at radius 3 is 2.00 bits per heavy atom. The van der Waals surface area contributed by atoms with Crippen molar-refractivity contribution in [1.82, 2.24) is 0 Å². The molecule has 2 rings (SSSR count). The third-order valence-corrected chi connectivity index (χ3v) is 2.86. The molecule has 0 atom stereocenters. The second-order valence-electron chi connectivity index (χ2n) is 4.11. The van der Waals surface area contributed by atoms with Gasteiger partial charge in [-0.1, -0.05) is 36.4 Å². The monoisotopic (exact) mass is 228 g/mol. The number of aromatic hydroxyl groups is 2. The van der Waals surface area contributed by atoms with E-state index in [1.165, 1.54) is 5.56 Å². The Balaban J connectivity index is 1.95. The molecule has 0 aromatic heterocycles. The van der Waals surface area contributed by atoms with E-state index in [0.717, 1.165) is 12.8 Å². The summed E-state index contributed by atoms with van der Waals surface area (Å²) >= 11 is 0. The van der Waals surface area contributed by atoms with Gasteiger partial charge in [-0.15, -0.1) is 0 Å². The molecule has 0 spiro atoms. The molecule has 17 heavy (non-hydrogen) atoms. The first kappa shape index (κ1) is 11.5. The number of hydrogen-bond donors (Lipinski definition) is 2. The Morgan fingerprint density at radius 1 is 0.706 bits per heavy atom. The molecule has 0 amide bonds. The third-order valence-electron chi connectivity index (χ3n) is 2.86. The fourth-order valence-electron chi connectivity index (χ4n) is 1.93. The summed E-state index contributed by atoms with van der Waals surface area (Å²) in [5.74, 6) is 0.358. The van der Waals surface area contributed by atoms with Crippen molar-refractivity contribution in [3.8, 4) is 11.5 Å². The average molecular weight is 228 g/mol. The summed E-state index contributed by atoms with van der Waals surface area (Å²) in [6.07, 6.45) is 2.55. The largest absolute Gasteiger partial charge is 0.508 e. The van der Waals surface area contributed by atoms with Crippen LogP contribution in [0.15, 0.2) is 48.5 Å². The van der Waals surface area contributed by atoms with Crippen LogP contribution >= 0.6 is 0 Å². The van der Waals surface area contributed by atoms with E-state index >= 15 is 0 Å². The first-order valence-electron chi connectivity index (χ1n) is 5.81. The molecule has 2 nitrogen and oxygen atoms in total. The Morgan fingerprint density at radius 2 is 1.35 bits per heavy atom. The van der Waals surface area contributed by atoms with Gasteiger partial charge < -0.3 is 10.2 Å². The van der Waals surface area contributed by atoms with E-state index in [1.54, 1.807) is 18.2 Å². The quantitative estimate of drug-likeness (QED) is 0.843. The molecule has 0 radical (unpaired) electrons. The van der Waals surface area contributed by atoms with E-state index < -0.39 is 0 Å². The summed E-state index contributed by atoms with van der Waals surface area (Å²) in [5.41, 5.74) is 1.92. The molecule has 2 N–H and O–H groups in total. The highest BCUT2D eigenvalue weighted by molar-refractivity contribution is 5.42. The lowest BCUT2D eigenvalue weighted by Crippen LogP contribution is -1.91. The van der Waals surface area contributed by atoms with E-state index in [9.17, 15) is 10.2 Å². The van der Waals surface area contributed by atoms with Crippen molar-refractivity contribution in [1.29, 1.82) is 0 Å². The van der Waals surface area contributed by atoms with Gasteiger partial charge in [0.05, 0.1) is 0 Å². The fraction of sp³-hybridized carbons (Fsp3) is 0.200. The number of phenols is 2. The second kappa shape index (κ2) is 5.39. The summed E-state index contributed by atoms with van der Waals surface area (Å²) in [5, 5.41) is 19.3. The number of aryl methyl sites for hydroxylation is 1. The standard InChI is InChI=1S/C15H16O2/c16-14-10-5-11-15(17)13(14)9-4-8-12-6-2-1-3-7-12/h1-3,5-7,10-11,16-17H,4,8-9H2. The van der Waals surface area contributed by atoms with Crippen molar-refractivity contribution in [3.63, 3.8) is 0 Å². The molecule has 0 fully saturated rings. The molecule has 0 aliphatic heterocycles. The van der Waals surface area contributed by atoms with Crippen molar-refractivity contribution in [3.05, 3.63) is 59.7 Å². The van der Waals surface area contributed by atoms with Gasteiger partial charge in [0.25, 0.3) is 0 Å². The normalized spacial score (nSPS) is 10.4. The lowest BCUT2D eigenvalue weighted by atomic mass is 10.0. The van der Waals surface area contributed by atoms with Crippen molar-refractivity contribution in [2.75, 3.05) is 0 Å². The van der Waals surface area contributed by atoms with Gasteiger partial charge in [0.15, 0.2) is 0 Å². The summed E-state index contributed by atoms with van der Waals surface area (Å²) in [4.78, 5) is 0. The molecule has 88 valence electrons. The smallest absolute Gasteiger partial charge is 0.122 e. The average Bonchev–Trinajstić information content (AvgIpc) is 2.34. The van der Waals surface area contributed by atoms with Crippen LogP contribution in [0.25, 0.3) is 0 Å². The SMILES string of the molecule is Oc1cccc(O)c1CCCc1ccccc1. The van der Waals surface area contributed by atoms with Gasteiger partial charge in [-0.3, -0.25) is 0 Å². The van der Waals surface area contributed by atoms with Gasteiger partial charge in [0.1, 0.15) is 11.5 Å². The number of rotatable bonds is 4. The summed E-state index contributed by atoms with van der Waals surface area (Å²) in [6, 6.07) is 15.1. The van der Waals surface area contributed by atoms with E-state index in [2.05, 4.69) is 12.1 Å². The molecule has 0 heterocycles. The molecular weight excluding hydrogens is 212 g/mol. The van der Waals surface area contributed by atoms with Gasteiger partial charge in [0.2, 0.25) is 0 Å². The van der Waals surface area contributed by atoms with Crippen LogP contribution in [-0.2, 0) is 12.8 Å². The van der Waals surface area contributed by atoms with Crippen molar-refractivity contribution >= 4 is 0 Å². The Labute approximate surface area is 101 Å². The van der Waals surface area contributed by atoms with E-state index in [4.69, 9.17) is 0 Å². The first-order valence-corrected chi connectivity index (χ1v) is 5.81. The zero-order valence-electron chi connectivity index (χ0n) is 9.63. The van der Waals surface area contributed by atoms with Gasteiger partial charge in [-0.2, -0.15) is 0 Å². The predicted molar refractivity (Wildman–Crippen MR) is 68.2 cm³/mol. The van der Waals surface area contributed by atoms with Gasteiger partial charge in [-0.25, -0.2) is 0 Å². The van der Waals surface area contributed by atoms with Gasteiger partial charge in [0, 0.05) is 5.56 Å². The van der Waals surface area contributed by atoms with Crippen LogP contribution < -0.4 is 0 Å². The van der Waals surface area contributed by atoms with Crippen LogP contribution in [0.3, 0.4) is 0 Å². The first-order chi connectivity index (χ1) is 8.27. The zero-order valence-corrected chi connectivity index (χ0v) is 9.63. The molecule has 0 saturated carbocycles. The molecule has 0 aliphatic carbocycles. The molecule has 2 aromatic carbocycles. The van der Waals surface area contributed by atoms with Crippen molar-refractivity contribution in [2.24, 2.45) is 0 Å². The van der Waals surface area contributed by atoms with E-state index in [-0.39, 0.29) is 11.5 Å². The minimum absolute atomic E-state index is 0.179. The van der Waals surface area contributed by atoms with Crippen LogP contribution in [-0.4, -0.2) is 10.2 Å². The maximum absolute atomic E-state index is 9.63. The molecule has 0 bridgehead atoms. The summed E-state index contributed by atoms with van der Waals surface area (Å²) in [6.45, 7) is 0. The lowest BCUT2D eigenvalue weighted by Gasteiger charge is -2.06. The van der Waals surface area contributed by atoms with Gasteiger partial charge in [-0.05, 0) is 37.0 Å². The minimum atomic E-state index is 0.179. The number of benzene rings is 2.